The highest BCUT2D eigenvalue weighted by atomic mass is 32.1. The summed E-state index contributed by atoms with van der Waals surface area (Å²) in [6.45, 7) is 2.09. The lowest BCUT2D eigenvalue weighted by Gasteiger charge is -2.08. The highest BCUT2D eigenvalue weighted by Crippen LogP contribution is 2.27. The molecule has 0 unspecified atom stereocenters. The summed E-state index contributed by atoms with van der Waals surface area (Å²) in [6, 6.07) is 22.2. The van der Waals surface area contributed by atoms with Crippen LogP contribution in [0.25, 0.3) is 33.7 Å². The summed E-state index contributed by atoms with van der Waals surface area (Å²) in [5, 5.41) is 4.95. The Kier molecular flexibility index (Phi) is 6.72. The van der Waals surface area contributed by atoms with Crippen molar-refractivity contribution in [3.8, 4) is 28.4 Å². The molecule has 5 aromatic rings. The Labute approximate surface area is 210 Å². The lowest BCUT2D eigenvalue weighted by molar-refractivity contribution is -0.119. The molecule has 0 bridgehead atoms. The maximum atomic E-state index is 12.8. The van der Waals surface area contributed by atoms with Gasteiger partial charge in [-0.05, 0) is 49.4 Å². The van der Waals surface area contributed by atoms with Gasteiger partial charge in [0.2, 0.25) is 0 Å². The molecule has 0 radical (unpaired) electrons. The van der Waals surface area contributed by atoms with Gasteiger partial charge in [-0.15, -0.1) is 11.3 Å². The number of benzene rings is 3. The van der Waals surface area contributed by atoms with Crippen LogP contribution in [0.2, 0.25) is 0 Å². The van der Waals surface area contributed by atoms with Crippen molar-refractivity contribution in [2.24, 2.45) is 0 Å². The molecule has 0 aliphatic heterocycles. The van der Waals surface area contributed by atoms with Crippen LogP contribution in [0, 0.1) is 0 Å². The topological polar surface area (TPSA) is 106 Å². The van der Waals surface area contributed by atoms with Crippen LogP contribution in [0.5, 0.6) is 5.75 Å². The number of aromatic amines is 1. The van der Waals surface area contributed by atoms with Gasteiger partial charge in [0.1, 0.15) is 11.6 Å². The number of para-hydroxylation sites is 2. The zero-order valence-corrected chi connectivity index (χ0v) is 20.2. The first-order valence-corrected chi connectivity index (χ1v) is 12.2. The van der Waals surface area contributed by atoms with Gasteiger partial charge in [0, 0.05) is 16.5 Å². The Morgan fingerprint density at radius 1 is 0.972 bits per heavy atom. The fourth-order valence-corrected chi connectivity index (χ4v) is 4.40. The normalized spacial score (nSPS) is 10.8. The van der Waals surface area contributed by atoms with Crippen LogP contribution in [0.3, 0.4) is 0 Å². The minimum atomic E-state index is -0.615. The molecular weight excluding hydrogens is 476 g/mol. The van der Waals surface area contributed by atoms with Crippen molar-refractivity contribution >= 4 is 39.4 Å². The number of anilines is 1. The van der Waals surface area contributed by atoms with E-state index in [-0.39, 0.29) is 0 Å². The van der Waals surface area contributed by atoms with Crippen LogP contribution in [0.15, 0.2) is 78.2 Å². The number of rotatable bonds is 8. The number of nitrogens with one attached hydrogen (secondary N) is 2. The number of aromatic nitrogens is 3. The van der Waals surface area contributed by atoms with E-state index in [4.69, 9.17) is 9.47 Å². The van der Waals surface area contributed by atoms with Gasteiger partial charge < -0.3 is 14.5 Å². The van der Waals surface area contributed by atoms with Crippen LogP contribution >= 0.6 is 11.3 Å². The molecule has 2 aromatic heterocycles. The average Bonchev–Trinajstić information content (AvgIpc) is 3.55. The van der Waals surface area contributed by atoms with Crippen molar-refractivity contribution in [2.75, 3.05) is 18.5 Å². The number of fused-ring (bicyclic) bond motifs is 1. The number of amides is 1. The third kappa shape index (κ3) is 5.11. The van der Waals surface area contributed by atoms with Gasteiger partial charge in [-0.25, -0.2) is 14.8 Å². The van der Waals surface area contributed by atoms with Gasteiger partial charge in [-0.1, -0.05) is 30.3 Å². The van der Waals surface area contributed by atoms with E-state index in [1.807, 2.05) is 66.9 Å². The van der Waals surface area contributed by atoms with Crippen LogP contribution in [0.4, 0.5) is 5.13 Å². The van der Waals surface area contributed by atoms with Crippen molar-refractivity contribution in [3.05, 3.63) is 83.7 Å². The number of carbonyl (C=O) groups excluding carboxylic acids is 2. The van der Waals surface area contributed by atoms with Crippen molar-refractivity contribution < 1.29 is 19.1 Å². The number of nitrogens with zero attached hydrogens (tertiary/aromatic N) is 2. The molecule has 2 heterocycles. The van der Waals surface area contributed by atoms with Crippen molar-refractivity contribution in [1.82, 2.24) is 15.0 Å². The van der Waals surface area contributed by atoms with Crippen LogP contribution in [-0.4, -0.2) is 40.0 Å². The van der Waals surface area contributed by atoms with Gasteiger partial charge in [0.15, 0.2) is 11.7 Å². The first kappa shape index (κ1) is 23.3. The summed E-state index contributed by atoms with van der Waals surface area (Å²) < 4.78 is 10.8. The average molecular weight is 499 g/mol. The fraction of sp³-hybridized carbons (Fsp3) is 0.111. The maximum absolute atomic E-state index is 12.8. The van der Waals surface area contributed by atoms with Crippen LogP contribution in [0.1, 0.15) is 17.3 Å². The Morgan fingerprint density at radius 2 is 1.75 bits per heavy atom. The molecule has 2 N–H and O–H groups in total. The quantitative estimate of drug-likeness (QED) is 0.272. The van der Waals surface area contributed by atoms with E-state index in [0.717, 1.165) is 28.0 Å². The zero-order valence-electron chi connectivity index (χ0n) is 19.4. The molecule has 1 amide bonds. The lowest BCUT2D eigenvalue weighted by atomic mass is 10.1. The van der Waals surface area contributed by atoms with Crippen LogP contribution in [-0.2, 0) is 9.53 Å². The monoisotopic (exact) mass is 498 g/mol. The molecule has 0 saturated heterocycles. The summed E-state index contributed by atoms with van der Waals surface area (Å²) in [6.07, 6.45) is 0. The summed E-state index contributed by atoms with van der Waals surface area (Å²) in [5.41, 5.74) is 4.21. The number of hydrogen-bond donors (Lipinski definition) is 2. The third-order valence-corrected chi connectivity index (χ3v) is 6.10. The minimum absolute atomic E-state index is 0.316. The van der Waals surface area contributed by atoms with E-state index in [1.165, 1.54) is 11.3 Å². The van der Waals surface area contributed by atoms with Crippen molar-refractivity contribution in [1.29, 1.82) is 0 Å². The predicted molar refractivity (Wildman–Crippen MR) is 139 cm³/mol. The standard InChI is InChI=1S/C27H22N4O4S/c1-2-34-18-13-11-17(12-14-18)23-16-36-27(30-23)31-24(32)15-35-26(33)20-8-4-3-7-19(20)25-28-21-9-5-6-10-22(21)29-25/h3-14,16H,2,15H2,1H3,(H,28,29)(H,30,31,32). The number of thiazole rings is 1. The van der Waals surface area contributed by atoms with E-state index >= 15 is 0 Å². The molecule has 36 heavy (non-hydrogen) atoms. The van der Waals surface area contributed by atoms with Crippen molar-refractivity contribution in [3.63, 3.8) is 0 Å². The van der Waals surface area contributed by atoms with Gasteiger partial charge >= 0.3 is 5.97 Å². The summed E-state index contributed by atoms with van der Waals surface area (Å²) in [7, 11) is 0. The highest BCUT2D eigenvalue weighted by molar-refractivity contribution is 7.14. The van der Waals surface area contributed by atoms with E-state index < -0.39 is 18.5 Å². The molecule has 8 nitrogen and oxygen atoms in total. The second kappa shape index (κ2) is 10.4. The summed E-state index contributed by atoms with van der Waals surface area (Å²) in [5.74, 6) is 0.249. The number of hydrogen-bond acceptors (Lipinski definition) is 7. The first-order chi connectivity index (χ1) is 17.6. The van der Waals surface area contributed by atoms with E-state index in [9.17, 15) is 9.59 Å². The molecule has 0 saturated carbocycles. The van der Waals surface area contributed by atoms with E-state index in [2.05, 4.69) is 20.3 Å². The third-order valence-electron chi connectivity index (χ3n) is 5.34. The molecule has 0 aliphatic rings. The minimum Gasteiger partial charge on any atom is -0.494 e. The number of carbonyl (C=O) groups is 2. The summed E-state index contributed by atoms with van der Waals surface area (Å²) in [4.78, 5) is 37.5. The predicted octanol–water partition coefficient (Wildman–Crippen LogP) is 5.55. The lowest BCUT2D eigenvalue weighted by Crippen LogP contribution is -2.21. The molecule has 0 atom stereocenters. The number of esters is 1. The van der Waals surface area contributed by atoms with Gasteiger partial charge in [0.05, 0.1) is 28.9 Å². The number of ether oxygens (including phenoxy) is 2. The zero-order chi connectivity index (χ0) is 24.9. The smallest absolute Gasteiger partial charge is 0.339 e. The number of imidazole rings is 1. The van der Waals surface area contributed by atoms with Gasteiger partial charge in [-0.2, -0.15) is 0 Å². The SMILES string of the molecule is CCOc1ccc(-c2csc(NC(=O)COC(=O)c3ccccc3-c3nc4ccccc4[nH]3)n2)cc1. The van der Waals surface area contributed by atoms with E-state index in [1.54, 1.807) is 18.2 Å². The molecule has 5 rings (SSSR count). The molecule has 0 aliphatic carbocycles. The Balaban J connectivity index is 1.22. The molecule has 0 fully saturated rings. The largest absolute Gasteiger partial charge is 0.494 e. The Morgan fingerprint density at radius 3 is 2.56 bits per heavy atom. The van der Waals surface area contributed by atoms with Crippen molar-refractivity contribution in [2.45, 2.75) is 6.92 Å². The second-order valence-corrected chi connectivity index (χ2v) is 8.63. The van der Waals surface area contributed by atoms with Crippen LogP contribution < -0.4 is 10.1 Å². The molecule has 180 valence electrons. The fourth-order valence-electron chi connectivity index (χ4n) is 3.66. The van der Waals surface area contributed by atoms with Gasteiger partial charge in [-0.3, -0.25) is 10.1 Å². The Hall–Kier alpha value is -4.50. The number of H-pyrrole nitrogens is 1. The van der Waals surface area contributed by atoms with Gasteiger partial charge in [0.25, 0.3) is 5.91 Å². The molecule has 0 spiro atoms. The summed E-state index contributed by atoms with van der Waals surface area (Å²) >= 11 is 1.29. The maximum Gasteiger partial charge on any atom is 0.339 e. The molecule has 3 aromatic carbocycles. The first-order valence-electron chi connectivity index (χ1n) is 11.3. The second-order valence-electron chi connectivity index (χ2n) is 7.77. The molecular formula is C27H22N4O4S. The Bertz CT molecular complexity index is 1490. The highest BCUT2D eigenvalue weighted by Gasteiger charge is 2.18. The van der Waals surface area contributed by atoms with E-state index in [0.29, 0.717) is 28.7 Å². The molecule has 9 heteroatoms.